The highest BCUT2D eigenvalue weighted by Gasteiger charge is 2.12. The van der Waals surface area contributed by atoms with Crippen LogP contribution in [0.25, 0.3) is 11.4 Å². The van der Waals surface area contributed by atoms with E-state index < -0.39 is 12.1 Å². The van der Waals surface area contributed by atoms with Gasteiger partial charge in [0.2, 0.25) is 0 Å². The number of aliphatic hydroxyl groups excluding tert-OH is 1. The first kappa shape index (κ1) is 28.2. The van der Waals surface area contributed by atoms with Crippen molar-refractivity contribution in [3.05, 3.63) is 60.4 Å². The fourth-order valence-corrected chi connectivity index (χ4v) is 3.92. The molecule has 2 aromatic heterocycles. The molecular formula is C29H45N3O2. The van der Waals surface area contributed by atoms with E-state index in [4.69, 9.17) is 10.5 Å². The lowest BCUT2D eigenvalue weighted by atomic mass is 10.0. The van der Waals surface area contributed by atoms with Crippen LogP contribution in [-0.2, 0) is 11.3 Å². The Bertz CT molecular complexity index is 782. The van der Waals surface area contributed by atoms with Gasteiger partial charge in [0.05, 0.1) is 42.4 Å². The number of hydrogen-bond acceptors (Lipinski definition) is 5. The van der Waals surface area contributed by atoms with E-state index in [1.165, 1.54) is 70.6 Å². The van der Waals surface area contributed by atoms with E-state index >= 15 is 0 Å². The summed E-state index contributed by atoms with van der Waals surface area (Å²) in [6.45, 7) is 2.90. The molecule has 188 valence electrons. The Morgan fingerprint density at radius 1 is 0.882 bits per heavy atom. The maximum Gasteiger partial charge on any atom is 0.0894 e. The van der Waals surface area contributed by atoms with Gasteiger partial charge in [0.15, 0.2) is 0 Å². The number of rotatable bonds is 19. The standard InChI is InChI=1S/C29H45N3O2/c1-2-3-4-5-6-7-8-9-10-11-12-13-14-21-29(33)26(30)24-34-23-25-18-17-20-28(32-25)27-19-15-16-22-31-27/h14-22,26,29,33H,2-13,23-24,30H2,1H3/b21-14+/t26-,29+/m0/s1. The van der Waals surface area contributed by atoms with Crippen LogP contribution in [0.1, 0.15) is 89.7 Å². The highest BCUT2D eigenvalue weighted by Crippen LogP contribution is 2.15. The third-order valence-electron chi connectivity index (χ3n) is 6.04. The van der Waals surface area contributed by atoms with E-state index in [1.54, 1.807) is 6.20 Å². The summed E-state index contributed by atoms with van der Waals surface area (Å²) in [5, 5.41) is 10.3. The number of nitrogens with zero attached hydrogens (tertiary/aromatic N) is 2. The van der Waals surface area contributed by atoms with Crippen LogP contribution < -0.4 is 5.73 Å². The minimum Gasteiger partial charge on any atom is -0.387 e. The van der Waals surface area contributed by atoms with Crippen molar-refractivity contribution in [1.82, 2.24) is 9.97 Å². The SMILES string of the molecule is CCCCCCCCCCCCC/C=C/[C@@H](O)[C@@H](N)COCc1cccc(-c2ccccn2)n1. The van der Waals surface area contributed by atoms with E-state index in [1.807, 2.05) is 42.5 Å². The van der Waals surface area contributed by atoms with Crippen molar-refractivity contribution in [3.63, 3.8) is 0 Å². The Hall–Kier alpha value is -2.08. The Balaban J connectivity index is 1.51. The van der Waals surface area contributed by atoms with E-state index in [9.17, 15) is 5.11 Å². The number of aliphatic hydroxyl groups is 1. The second kappa shape index (κ2) is 18.3. The summed E-state index contributed by atoms with van der Waals surface area (Å²) in [5.74, 6) is 0. The largest absolute Gasteiger partial charge is 0.387 e. The number of pyridine rings is 2. The number of aromatic nitrogens is 2. The van der Waals surface area contributed by atoms with Crippen molar-refractivity contribution in [1.29, 1.82) is 0 Å². The fraction of sp³-hybridized carbons (Fsp3) is 0.586. The number of hydrogen-bond donors (Lipinski definition) is 2. The van der Waals surface area contributed by atoms with Crippen LogP contribution in [0, 0.1) is 0 Å². The van der Waals surface area contributed by atoms with Crippen LogP contribution in [0.4, 0.5) is 0 Å². The zero-order valence-corrected chi connectivity index (χ0v) is 21.1. The number of unbranched alkanes of at least 4 members (excludes halogenated alkanes) is 11. The molecule has 0 aliphatic carbocycles. The lowest BCUT2D eigenvalue weighted by Gasteiger charge is -2.16. The highest BCUT2D eigenvalue weighted by molar-refractivity contribution is 5.53. The molecule has 2 atom stereocenters. The molecule has 0 aliphatic heterocycles. The van der Waals surface area contributed by atoms with Gasteiger partial charge < -0.3 is 15.6 Å². The molecule has 2 aromatic rings. The summed E-state index contributed by atoms with van der Waals surface area (Å²) in [4.78, 5) is 8.93. The van der Waals surface area contributed by atoms with Crippen molar-refractivity contribution < 1.29 is 9.84 Å². The van der Waals surface area contributed by atoms with Crippen molar-refractivity contribution in [2.45, 2.75) is 103 Å². The quantitative estimate of drug-likeness (QED) is 0.179. The van der Waals surface area contributed by atoms with Crippen LogP contribution in [0.15, 0.2) is 54.7 Å². The predicted molar refractivity (Wildman–Crippen MR) is 141 cm³/mol. The summed E-state index contributed by atoms with van der Waals surface area (Å²) in [6, 6.07) is 11.1. The summed E-state index contributed by atoms with van der Waals surface area (Å²) in [7, 11) is 0. The molecule has 0 saturated heterocycles. The Labute approximate surface area is 206 Å². The third-order valence-corrected chi connectivity index (χ3v) is 6.04. The lowest BCUT2D eigenvalue weighted by Crippen LogP contribution is -2.37. The molecule has 0 aliphatic rings. The molecule has 0 spiro atoms. The van der Waals surface area contributed by atoms with E-state index in [-0.39, 0.29) is 6.61 Å². The first-order valence-electron chi connectivity index (χ1n) is 13.3. The maximum atomic E-state index is 10.3. The zero-order valence-electron chi connectivity index (χ0n) is 21.1. The van der Waals surface area contributed by atoms with Gasteiger partial charge in [0.1, 0.15) is 0 Å². The molecule has 0 fully saturated rings. The summed E-state index contributed by atoms with van der Waals surface area (Å²) < 4.78 is 5.71. The van der Waals surface area contributed by atoms with E-state index in [0.29, 0.717) is 6.61 Å². The molecule has 5 nitrogen and oxygen atoms in total. The fourth-order valence-electron chi connectivity index (χ4n) is 3.92. The topological polar surface area (TPSA) is 81.3 Å². The van der Waals surface area contributed by atoms with Crippen LogP contribution in [0.3, 0.4) is 0 Å². The highest BCUT2D eigenvalue weighted by atomic mass is 16.5. The van der Waals surface area contributed by atoms with Gasteiger partial charge in [0, 0.05) is 6.20 Å². The van der Waals surface area contributed by atoms with Crippen molar-refractivity contribution >= 4 is 0 Å². The van der Waals surface area contributed by atoms with Gasteiger partial charge in [-0.25, -0.2) is 4.98 Å². The molecule has 0 unspecified atom stereocenters. The molecule has 2 rings (SSSR count). The number of nitrogens with two attached hydrogens (primary N) is 1. The number of allylic oxidation sites excluding steroid dienone is 1. The Kier molecular flexibility index (Phi) is 15.1. The van der Waals surface area contributed by atoms with Gasteiger partial charge in [-0.1, -0.05) is 95.4 Å². The van der Waals surface area contributed by atoms with Gasteiger partial charge in [0.25, 0.3) is 0 Å². The molecular weight excluding hydrogens is 422 g/mol. The normalized spacial score (nSPS) is 13.4. The third kappa shape index (κ3) is 12.4. The molecule has 3 N–H and O–H groups in total. The minimum atomic E-state index is -0.694. The average molecular weight is 468 g/mol. The molecule has 2 heterocycles. The van der Waals surface area contributed by atoms with Crippen LogP contribution in [0.2, 0.25) is 0 Å². The van der Waals surface area contributed by atoms with Crippen molar-refractivity contribution in [3.8, 4) is 11.4 Å². The second-order valence-corrected chi connectivity index (χ2v) is 9.15. The van der Waals surface area contributed by atoms with Crippen LogP contribution in [-0.4, -0.2) is 33.8 Å². The van der Waals surface area contributed by atoms with Gasteiger partial charge in [-0.05, 0) is 37.1 Å². The maximum absolute atomic E-state index is 10.3. The molecule has 0 aromatic carbocycles. The van der Waals surface area contributed by atoms with Crippen LogP contribution in [0.5, 0.6) is 0 Å². The molecule has 0 bridgehead atoms. The molecule has 0 amide bonds. The molecule has 34 heavy (non-hydrogen) atoms. The molecule has 0 saturated carbocycles. The second-order valence-electron chi connectivity index (χ2n) is 9.15. The van der Waals surface area contributed by atoms with Crippen molar-refractivity contribution in [2.24, 2.45) is 5.73 Å². The monoisotopic (exact) mass is 467 g/mol. The molecule has 5 heteroatoms. The predicted octanol–water partition coefficient (Wildman–Crippen LogP) is 6.61. The van der Waals surface area contributed by atoms with Crippen molar-refractivity contribution in [2.75, 3.05) is 6.61 Å². The first-order valence-corrected chi connectivity index (χ1v) is 13.3. The minimum absolute atomic E-state index is 0.277. The average Bonchev–Trinajstić information content (AvgIpc) is 2.87. The van der Waals surface area contributed by atoms with Gasteiger partial charge in [-0.2, -0.15) is 0 Å². The Morgan fingerprint density at radius 2 is 1.56 bits per heavy atom. The summed E-state index contributed by atoms with van der Waals surface area (Å²) in [5.41, 5.74) is 8.56. The molecule has 0 radical (unpaired) electrons. The smallest absolute Gasteiger partial charge is 0.0894 e. The summed E-state index contributed by atoms with van der Waals surface area (Å²) in [6.07, 6.45) is 20.7. The van der Waals surface area contributed by atoms with Gasteiger partial charge in [-0.15, -0.1) is 0 Å². The van der Waals surface area contributed by atoms with Crippen LogP contribution >= 0.6 is 0 Å². The zero-order chi connectivity index (χ0) is 24.3. The van der Waals surface area contributed by atoms with E-state index in [2.05, 4.69) is 23.0 Å². The first-order chi connectivity index (χ1) is 16.7. The van der Waals surface area contributed by atoms with E-state index in [0.717, 1.165) is 23.5 Å². The summed E-state index contributed by atoms with van der Waals surface area (Å²) >= 11 is 0. The lowest BCUT2D eigenvalue weighted by molar-refractivity contribution is 0.0698. The van der Waals surface area contributed by atoms with Gasteiger partial charge in [-0.3, -0.25) is 4.98 Å². The van der Waals surface area contributed by atoms with Gasteiger partial charge >= 0.3 is 0 Å². The number of ether oxygens (including phenoxy) is 1. The Morgan fingerprint density at radius 3 is 2.24 bits per heavy atom.